The number of carbonyl (C=O) groups excluding carboxylic acids is 1. The van der Waals surface area contributed by atoms with Crippen molar-refractivity contribution in [3.05, 3.63) is 0 Å². The highest BCUT2D eigenvalue weighted by molar-refractivity contribution is 8.00. The molecule has 0 unspecified atom stereocenters. The van der Waals surface area contributed by atoms with E-state index in [1.807, 2.05) is 18.1 Å². The lowest BCUT2D eigenvalue weighted by Crippen LogP contribution is -2.45. The van der Waals surface area contributed by atoms with E-state index in [-0.39, 0.29) is 10.7 Å². The average Bonchev–Trinajstić information content (AvgIpc) is 2.45. The van der Waals surface area contributed by atoms with Crippen molar-refractivity contribution in [3.63, 3.8) is 0 Å². The van der Waals surface area contributed by atoms with E-state index in [0.717, 1.165) is 45.4 Å². The minimum absolute atomic E-state index is 0.262. The van der Waals surface area contributed by atoms with Gasteiger partial charge in [-0.1, -0.05) is 0 Å². The maximum absolute atomic E-state index is 12.2. The van der Waals surface area contributed by atoms with Crippen molar-refractivity contribution >= 4 is 17.7 Å². The van der Waals surface area contributed by atoms with Crippen LogP contribution in [0.15, 0.2) is 0 Å². The van der Waals surface area contributed by atoms with E-state index in [0.29, 0.717) is 18.4 Å². The number of piperidine rings is 1. The fourth-order valence-electron chi connectivity index (χ4n) is 3.07. The molecular weight excluding hydrogens is 272 g/mol. The van der Waals surface area contributed by atoms with Gasteiger partial charge in [-0.15, -0.1) is 11.8 Å². The number of hydrogen-bond donors (Lipinski definition) is 0. The van der Waals surface area contributed by atoms with Crippen LogP contribution in [-0.2, 0) is 9.53 Å². The number of amides is 1. The maximum atomic E-state index is 12.2. The van der Waals surface area contributed by atoms with E-state index in [2.05, 4.69) is 6.07 Å². The van der Waals surface area contributed by atoms with Crippen molar-refractivity contribution in [3.8, 4) is 6.07 Å². The molecule has 1 saturated heterocycles. The van der Waals surface area contributed by atoms with Gasteiger partial charge in [-0.3, -0.25) is 4.79 Å². The largest absolute Gasteiger partial charge is 0.378 e. The van der Waals surface area contributed by atoms with Gasteiger partial charge < -0.3 is 9.64 Å². The Hall–Kier alpha value is -0.730. The van der Waals surface area contributed by atoms with E-state index >= 15 is 0 Å². The van der Waals surface area contributed by atoms with Crippen LogP contribution in [0.1, 0.15) is 39.0 Å². The van der Waals surface area contributed by atoms with Crippen molar-refractivity contribution < 1.29 is 9.53 Å². The first-order chi connectivity index (χ1) is 9.62. The molecule has 1 aliphatic carbocycles. The Labute approximate surface area is 125 Å². The quantitative estimate of drug-likeness (QED) is 0.782. The minimum atomic E-state index is -0.271. The Morgan fingerprint density at radius 1 is 1.45 bits per heavy atom. The normalized spacial score (nSPS) is 28.6. The second-order valence-corrected chi connectivity index (χ2v) is 7.00. The summed E-state index contributed by atoms with van der Waals surface area (Å²) in [6, 6.07) is 2.42. The van der Waals surface area contributed by atoms with Crippen LogP contribution in [0.25, 0.3) is 0 Å². The molecule has 112 valence electrons. The van der Waals surface area contributed by atoms with Crippen molar-refractivity contribution in [2.24, 2.45) is 5.92 Å². The van der Waals surface area contributed by atoms with Crippen LogP contribution in [0, 0.1) is 17.2 Å². The van der Waals surface area contributed by atoms with Crippen molar-refractivity contribution in [1.82, 2.24) is 4.90 Å². The first kappa shape index (κ1) is 15.7. The van der Waals surface area contributed by atoms with Crippen LogP contribution in [0.5, 0.6) is 0 Å². The van der Waals surface area contributed by atoms with Crippen molar-refractivity contribution in [2.75, 3.05) is 26.0 Å². The van der Waals surface area contributed by atoms with Crippen LogP contribution >= 0.6 is 11.8 Å². The highest BCUT2D eigenvalue weighted by atomic mass is 32.2. The lowest BCUT2D eigenvalue weighted by atomic mass is 9.79. The molecule has 1 heterocycles. The summed E-state index contributed by atoms with van der Waals surface area (Å²) in [5, 5.41) is 9.25. The molecule has 1 saturated carbocycles. The Balaban J connectivity index is 1.72. The number of nitrogens with zero attached hydrogens (tertiary/aromatic N) is 2. The highest BCUT2D eigenvalue weighted by Gasteiger charge is 2.37. The summed E-state index contributed by atoms with van der Waals surface area (Å²) >= 11 is 1.63. The molecular formula is C15H24N2O2S. The summed E-state index contributed by atoms with van der Waals surface area (Å²) in [6.07, 6.45) is 6.67. The summed E-state index contributed by atoms with van der Waals surface area (Å²) < 4.78 is 5.26. The maximum Gasteiger partial charge on any atom is 0.222 e. The molecule has 1 amide bonds. The zero-order valence-electron chi connectivity index (χ0n) is 12.4. The summed E-state index contributed by atoms with van der Waals surface area (Å²) in [7, 11) is 0. The predicted molar refractivity (Wildman–Crippen MR) is 80.4 cm³/mol. The van der Waals surface area contributed by atoms with Gasteiger partial charge in [-0.05, 0) is 44.8 Å². The van der Waals surface area contributed by atoms with Crippen molar-refractivity contribution in [1.29, 1.82) is 5.26 Å². The Morgan fingerprint density at radius 3 is 2.60 bits per heavy atom. The van der Waals surface area contributed by atoms with Gasteiger partial charge in [0, 0.05) is 26.1 Å². The lowest BCUT2D eigenvalue weighted by Gasteiger charge is -2.39. The number of rotatable bonds is 5. The molecule has 1 aliphatic heterocycles. The molecule has 20 heavy (non-hydrogen) atoms. The number of thioether (sulfide) groups is 1. The van der Waals surface area contributed by atoms with Crippen LogP contribution in [0.4, 0.5) is 0 Å². The van der Waals surface area contributed by atoms with E-state index in [4.69, 9.17) is 4.74 Å². The number of likely N-dealkylation sites (tertiary alicyclic amines) is 1. The molecule has 0 N–H and O–H groups in total. The lowest BCUT2D eigenvalue weighted by molar-refractivity contribution is -0.135. The van der Waals surface area contributed by atoms with E-state index in [1.54, 1.807) is 11.8 Å². The smallest absolute Gasteiger partial charge is 0.222 e. The Morgan fingerprint density at radius 2 is 2.10 bits per heavy atom. The van der Waals surface area contributed by atoms with Crippen molar-refractivity contribution in [2.45, 2.75) is 49.9 Å². The van der Waals surface area contributed by atoms with Crippen LogP contribution in [0.2, 0.25) is 0 Å². The first-order valence-corrected chi connectivity index (χ1v) is 8.70. The van der Waals surface area contributed by atoms with Crippen LogP contribution in [-0.4, -0.2) is 47.6 Å². The topological polar surface area (TPSA) is 53.3 Å². The molecule has 0 aromatic carbocycles. The molecule has 2 fully saturated rings. The number of ether oxygens (including phenoxy) is 1. The third-order valence-corrected chi connectivity index (χ3v) is 5.86. The molecule has 0 aromatic heterocycles. The summed E-state index contributed by atoms with van der Waals surface area (Å²) in [6.45, 7) is 4.24. The predicted octanol–water partition coefficient (Wildman–Crippen LogP) is 2.44. The standard InChI is InChI=1S/C15H24N2O2S/c1-3-19-13-8-12(9-13)10-14(18)17-6-4-15(11-16,20-2)5-7-17/h12-13H,3-10H2,1-2H3. The monoisotopic (exact) mass is 296 g/mol. The minimum Gasteiger partial charge on any atom is -0.378 e. The Bertz CT molecular complexity index is 380. The molecule has 5 heteroatoms. The second kappa shape index (κ2) is 6.82. The van der Waals surface area contributed by atoms with Gasteiger partial charge >= 0.3 is 0 Å². The van der Waals surface area contributed by atoms with E-state index < -0.39 is 0 Å². The molecule has 2 rings (SSSR count). The molecule has 0 aromatic rings. The fraction of sp³-hybridized carbons (Fsp3) is 0.867. The van der Waals surface area contributed by atoms with Crippen LogP contribution in [0.3, 0.4) is 0 Å². The Kier molecular flexibility index (Phi) is 5.34. The van der Waals surface area contributed by atoms with E-state index in [1.165, 1.54) is 0 Å². The third-order valence-electron chi connectivity index (χ3n) is 4.58. The summed E-state index contributed by atoms with van der Waals surface area (Å²) in [4.78, 5) is 14.2. The van der Waals surface area contributed by atoms with Gasteiger partial charge in [0.2, 0.25) is 5.91 Å². The fourth-order valence-corrected chi connectivity index (χ4v) is 3.75. The summed E-state index contributed by atoms with van der Waals surface area (Å²) in [5.41, 5.74) is 0. The van der Waals surface area contributed by atoms with Crippen LogP contribution < -0.4 is 0 Å². The van der Waals surface area contributed by atoms with Gasteiger partial charge in [0.05, 0.1) is 12.2 Å². The SMILES string of the molecule is CCOC1CC(CC(=O)N2CCC(C#N)(SC)CC2)C1. The molecule has 4 nitrogen and oxygen atoms in total. The number of hydrogen-bond acceptors (Lipinski definition) is 4. The highest BCUT2D eigenvalue weighted by Crippen LogP contribution is 2.36. The van der Waals surface area contributed by atoms with Gasteiger partial charge in [-0.25, -0.2) is 0 Å². The molecule has 0 spiro atoms. The van der Waals surface area contributed by atoms with Gasteiger partial charge in [0.15, 0.2) is 0 Å². The zero-order valence-corrected chi connectivity index (χ0v) is 13.2. The molecule has 0 atom stereocenters. The number of nitriles is 1. The first-order valence-electron chi connectivity index (χ1n) is 7.48. The zero-order chi connectivity index (χ0) is 14.6. The average molecular weight is 296 g/mol. The van der Waals surface area contributed by atoms with E-state index in [9.17, 15) is 10.1 Å². The molecule has 0 bridgehead atoms. The number of carbonyl (C=O) groups is 1. The second-order valence-electron chi connectivity index (χ2n) is 5.81. The van der Waals surface area contributed by atoms with Gasteiger partial charge in [0.25, 0.3) is 0 Å². The molecule has 0 radical (unpaired) electrons. The summed E-state index contributed by atoms with van der Waals surface area (Å²) in [5.74, 6) is 0.764. The van der Waals surface area contributed by atoms with Gasteiger partial charge in [-0.2, -0.15) is 5.26 Å². The van der Waals surface area contributed by atoms with Gasteiger partial charge in [0.1, 0.15) is 4.75 Å². The third kappa shape index (κ3) is 3.48. The molecule has 2 aliphatic rings.